The molecule has 0 radical (unpaired) electrons. The zero-order valence-corrected chi connectivity index (χ0v) is 13.4. The first-order valence-corrected chi connectivity index (χ1v) is 7.97. The molecule has 4 heterocycles. The predicted octanol–water partition coefficient (Wildman–Crippen LogP) is 2.25. The molecule has 0 spiro atoms. The lowest BCUT2D eigenvalue weighted by Gasteiger charge is -2.10. The number of fused-ring (bicyclic) bond motifs is 1. The van der Waals surface area contributed by atoms with Gasteiger partial charge in [-0.05, 0) is 24.6 Å². The Balaban J connectivity index is 1.75. The average Bonchev–Trinajstić information content (AvgIpc) is 3.27. The third kappa shape index (κ3) is 2.54. The maximum Gasteiger partial charge on any atom is 0.162 e. The van der Waals surface area contributed by atoms with E-state index in [9.17, 15) is 0 Å². The average molecular weight is 319 g/mol. The molecule has 0 amide bonds. The second-order valence-electron chi connectivity index (χ2n) is 5.55. The van der Waals surface area contributed by atoms with Crippen LogP contribution in [0.2, 0.25) is 0 Å². The molecular weight excluding hydrogens is 302 g/mol. The summed E-state index contributed by atoms with van der Waals surface area (Å²) in [6, 6.07) is 7.79. The Morgan fingerprint density at radius 2 is 1.96 bits per heavy atom. The van der Waals surface area contributed by atoms with Gasteiger partial charge in [-0.15, -0.1) is 0 Å². The van der Waals surface area contributed by atoms with Crippen molar-refractivity contribution in [2.75, 3.05) is 0 Å². The molecule has 0 saturated carbocycles. The number of aromatic nitrogens is 7. The molecule has 0 fully saturated rings. The van der Waals surface area contributed by atoms with Gasteiger partial charge in [-0.25, -0.2) is 24.1 Å². The second kappa shape index (κ2) is 6.19. The molecular formula is C17H17N7. The van der Waals surface area contributed by atoms with Crippen LogP contribution < -0.4 is 0 Å². The molecule has 0 N–H and O–H groups in total. The minimum absolute atomic E-state index is 0.676. The van der Waals surface area contributed by atoms with E-state index in [1.165, 1.54) is 0 Å². The van der Waals surface area contributed by atoms with Crippen molar-refractivity contribution in [1.82, 2.24) is 34.3 Å². The van der Waals surface area contributed by atoms with Gasteiger partial charge in [0.2, 0.25) is 0 Å². The number of hydrogen-bond donors (Lipinski definition) is 0. The lowest BCUT2D eigenvalue weighted by Crippen LogP contribution is -2.09. The van der Waals surface area contributed by atoms with E-state index in [0.717, 1.165) is 41.3 Å². The molecule has 0 atom stereocenters. The molecule has 0 aliphatic heterocycles. The standard InChI is InChI=1S/C17H17N7/c1-2-5-14-15(20-12-23-17(14)19-11-22-23)10-13-7-9-21-24(13)16-6-3-4-8-18-16/h3-4,6-9,11-12H,2,5,10H2,1H3. The minimum Gasteiger partial charge on any atom is -0.240 e. The van der Waals surface area contributed by atoms with Crippen LogP contribution >= 0.6 is 0 Å². The van der Waals surface area contributed by atoms with Crippen LogP contribution in [0.3, 0.4) is 0 Å². The summed E-state index contributed by atoms with van der Waals surface area (Å²) in [6.07, 6.45) is 9.47. The number of pyridine rings is 1. The highest BCUT2D eigenvalue weighted by Gasteiger charge is 2.14. The van der Waals surface area contributed by atoms with Crippen molar-refractivity contribution < 1.29 is 0 Å². The van der Waals surface area contributed by atoms with Crippen LogP contribution in [0, 0.1) is 0 Å². The van der Waals surface area contributed by atoms with Gasteiger partial charge in [0.25, 0.3) is 0 Å². The topological polar surface area (TPSA) is 73.8 Å². The van der Waals surface area contributed by atoms with Crippen molar-refractivity contribution in [2.45, 2.75) is 26.2 Å². The summed E-state index contributed by atoms with van der Waals surface area (Å²) >= 11 is 0. The van der Waals surface area contributed by atoms with E-state index >= 15 is 0 Å². The van der Waals surface area contributed by atoms with E-state index in [4.69, 9.17) is 0 Å². The van der Waals surface area contributed by atoms with Crippen LogP contribution in [0.15, 0.2) is 49.3 Å². The Morgan fingerprint density at radius 1 is 1.00 bits per heavy atom. The molecule has 0 aliphatic carbocycles. The quantitative estimate of drug-likeness (QED) is 0.564. The highest BCUT2D eigenvalue weighted by molar-refractivity contribution is 5.49. The number of hydrogen-bond acceptors (Lipinski definition) is 5. The first kappa shape index (κ1) is 14.5. The Bertz CT molecular complexity index is 955. The lowest BCUT2D eigenvalue weighted by atomic mass is 10.1. The van der Waals surface area contributed by atoms with Crippen molar-refractivity contribution in [3.63, 3.8) is 0 Å². The van der Waals surface area contributed by atoms with Gasteiger partial charge in [-0.1, -0.05) is 19.4 Å². The Labute approximate surface area is 139 Å². The molecule has 0 saturated heterocycles. The van der Waals surface area contributed by atoms with Gasteiger partial charge in [-0.2, -0.15) is 10.2 Å². The second-order valence-corrected chi connectivity index (χ2v) is 5.55. The molecule has 0 aliphatic rings. The third-order valence-electron chi connectivity index (χ3n) is 3.95. The maximum absolute atomic E-state index is 4.61. The monoisotopic (exact) mass is 319 g/mol. The van der Waals surface area contributed by atoms with Gasteiger partial charge in [0.05, 0.1) is 11.4 Å². The summed E-state index contributed by atoms with van der Waals surface area (Å²) in [5.74, 6) is 0.804. The zero-order valence-electron chi connectivity index (χ0n) is 13.4. The molecule has 120 valence electrons. The zero-order chi connectivity index (χ0) is 16.4. The van der Waals surface area contributed by atoms with E-state index in [0.29, 0.717) is 6.42 Å². The van der Waals surface area contributed by atoms with Gasteiger partial charge >= 0.3 is 0 Å². The summed E-state index contributed by atoms with van der Waals surface area (Å²) in [7, 11) is 0. The smallest absolute Gasteiger partial charge is 0.162 e. The molecule has 7 nitrogen and oxygen atoms in total. The Kier molecular flexibility index (Phi) is 3.74. The minimum atomic E-state index is 0.676. The van der Waals surface area contributed by atoms with Gasteiger partial charge < -0.3 is 0 Å². The fraction of sp³-hybridized carbons (Fsp3) is 0.235. The molecule has 4 rings (SSSR count). The fourth-order valence-corrected chi connectivity index (χ4v) is 2.86. The summed E-state index contributed by atoms with van der Waals surface area (Å²) in [5.41, 5.74) is 4.08. The van der Waals surface area contributed by atoms with E-state index < -0.39 is 0 Å². The summed E-state index contributed by atoms with van der Waals surface area (Å²) in [4.78, 5) is 13.4. The molecule has 0 aromatic carbocycles. The molecule has 4 aromatic rings. The van der Waals surface area contributed by atoms with E-state index in [2.05, 4.69) is 32.1 Å². The normalized spacial score (nSPS) is 11.2. The molecule has 24 heavy (non-hydrogen) atoms. The molecule has 0 unspecified atom stereocenters. The van der Waals surface area contributed by atoms with E-state index in [1.807, 2.05) is 28.9 Å². The van der Waals surface area contributed by atoms with Crippen LogP contribution in [-0.4, -0.2) is 34.3 Å². The van der Waals surface area contributed by atoms with Crippen LogP contribution in [-0.2, 0) is 12.8 Å². The summed E-state index contributed by atoms with van der Waals surface area (Å²) in [5, 5.41) is 8.58. The Morgan fingerprint density at radius 3 is 2.79 bits per heavy atom. The largest absolute Gasteiger partial charge is 0.240 e. The van der Waals surface area contributed by atoms with Gasteiger partial charge in [0.15, 0.2) is 11.5 Å². The van der Waals surface area contributed by atoms with Crippen LogP contribution in [0.5, 0.6) is 0 Å². The highest BCUT2D eigenvalue weighted by Crippen LogP contribution is 2.18. The van der Waals surface area contributed by atoms with E-state index in [1.54, 1.807) is 29.6 Å². The lowest BCUT2D eigenvalue weighted by molar-refractivity contribution is 0.776. The van der Waals surface area contributed by atoms with Crippen molar-refractivity contribution in [2.24, 2.45) is 0 Å². The van der Waals surface area contributed by atoms with Gasteiger partial charge in [0, 0.05) is 24.4 Å². The van der Waals surface area contributed by atoms with Crippen LogP contribution in [0.4, 0.5) is 0 Å². The van der Waals surface area contributed by atoms with Crippen LogP contribution in [0.25, 0.3) is 11.5 Å². The summed E-state index contributed by atoms with van der Waals surface area (Å²) in [6.45, 7) is 2.15. The highest BCUT2D eigenvalue weighted by atomic mass is 15.3. The molecule has 7 heteroatoms. The van der Waals surface area contributed by atoms with Crippen molar-refractivity contribution in [3.05, 3.63) is 66.3 Å². The van der Waals surface area contributed by atoms with Crippen LogP contribution in [0.1, 0.15) is 30.3 Å². The number of rotatable bonds is 5. The Hall–Kier alpha value is -3.09. The van der Waals surface area contributed by atoms with Gasteiger partial charge in [-0.3, -0.25) is 0 Å². The van der Waals surface area contributed by atoms with Crippen molar-refractivity contribution in [1.29, 1.82) is 0 Å². The SMILES string of the molecule is CCCc1c(Cc2ccnn2-c2ccccn2)ncn2ncnc12. The van der Waals surface area contributed by atoms with E-state index in [-0.39, 0.29) is 0 Å². The van der Waals surface area contributed by atoms with Gasteiger partial charge in [0.1, 0.15) is 12.7 Å². The molecule has 0 bridgehead atoms. The van der Waals surface area contributed by atoms with Crippen molar-refractivity contribution >= 4 is 5.65 Å². The maximum atomic E-state index is 4.61. The first-order chi connectivity index (χ1) is 11.9. The number of nitrogens with zero attached hydrogens (tertiary/aromatic N) is 7. The first-order valence-electron chi connectivity index (χ1n) is 7.97. The predicted molar refractivity (Wildman–Crippen MR) is 88.9 cm³/mol. The third-order valence-corrected chi connectivity index (χ3v) is 3.95. The fourth-order valence-electron chi connectivity index (χ4n) is 2.86. The summed E-state index contributed by atoms with van der Waals surface area (Å²) < 4.78 is 3.58. The van der Waals surface area contributed by atoms with Crippen molar-refractivity contribution in [3.8, 4) is 5.82 Å². The molecule has 4 aromatic heterocycles. The number of aryl methyl sites for hydroxylation is 1.